The van der Waals surface area contributed by atoms with E-state index in [0.717, 1.165) is 76.4 Å². The van der Waals surface area contributed by atoms with Crippen LogP contribution in [0, 0.1) is 11.3 Å². The molecule has 1 aliphatic carbocycles. The number of nitrogens with zero attached hydrogens (tertiary/aromatic N) is 2. The van der Waals surface area contributed by atoms with Gasteiger partial charge in [0.2, 0.25) is 5.91 Å². The molecule has 0 radical (unpaired) electrons. The number of unbranched alkanes of at least 4 members (excludes halogenated alkanes) is 2. The third kappa shape index (κ3) is 5.32. The highest BCUT2D eigenvalue weighted by Crippen LogP contribution is 2.47. The molecule has 152 valence electrons. The Bertz CT molecular complexity index is 608. The van der Waals surface area contributed by atoms with E-state index in [1.807, 2.05) is 0 Å². The van der Waals surface area contributed by atoms with Crippen LogP contribution in [0.15, 0.2) is 10.6 Å². The standard InChI is InChI=1S/C21H35N3O3/c1-4-5-6-7-20(25)22-19-13-16(21(19,2)3)12-17-14-18(27-23-17)15-24-8-10-26-11-9-24/h14,16,19H,4-13,15H2,1-3H3,(H,22,25)/t16-,19+/m1/s1. The van der Waals surface area contributed by atoms with Crippen molar-refractivity contribution in [3.63, 3.8) is 0 Å². The molecule has 0 spiro atoms. The van der Waals surface area contributed by atoms with Gasteiger partial charge in [0.15, 0.2) is 5.76 Å². The van der Waals surface area contributed by atoms with Gasteiger partial charge in [0.25, 0.3) is 0 Å². The molecule has 1 N–H and O–H groups in total. The molecular formula is C21H35N3O3. The van der Waals surface area contributed by atoms with Crippen LogP contribution in [0.1, 0.15) is 64.3 Å². The van der Waals surface area contributed by atoms with Crippen molar-refractivity contribution >= 4 is 5.91 Å². The molecule has 2 aliphatic rings. The molecule has 1 saturated heterocycles. The van der Waals surface area contributed by atoms with Gasteiger partial charge >= 0.3 is 0 Å². The SMILES string of the molecule is CCCCCC(=O)N[C@H]1C[C@@H](Cc2cc(CN3CCOCC3)on2)C1(C)C. The number of ether oxygens (including phenoxy) is 1. The summed E-state index contributed by atoms with van der Waals surface area (Å²) in [6.45, 7) is 11.0. The van der Waals surface area contributed by atoms with Gasteiger partial charge in [-0.15, -0.1) is 0 Å². The van der Waals surface area contributed by atoms with E-state index in [-0.39, 0.29) is 17.4 Å². The average Bonchev–Trinajstić information content (AvgIpc) is 3.09. The van der Waals surface area contributed by atoms with Crippen molar-refractivity contribution in [2.45, 2.75) is 71.9 Å². The number of morpholine rings is 1. The Morgan fingerprint density at radius 3 is 2.81 bits per heavy atom. The highest BCUT2D eigenvalue weighted by atomic mass is 16.5. The summed E-state index contributed by atoms with van der Waals surface area (Å²) < 4.78 is 10.9. The predicted molar refractivity (Wildman–Crippen MR) is 104 cm³/mol. The molecule has 1 aromatic heterocycles. The molecule has 0 unspecified atom stereocenters. The van der Waals surface area contributed by atoms with E-state index >= 15 is 0 Å². The summed E-state index contributed by atoms with van der Waals surface area (Å²) in [6, 6.07) is 2.37. The van der Waals surface area contributed by atoms with Gasteiger partial charge in [0, 0.05) is 31.6 Å². The van der Waals surface area contributed by atoms with Gasteiger partial charge in [-0.3, -0.25) is 9.69 Å². The monoisotopic (exact) mass is 377 g/mol. The van der Waals surface area contributed by atoms with Crippen molar-refractivity contribution in [2.24, 2.45) is 11.3 Å². The number of hydrogen-bond donors (Lipinski definition) is 1. The van der Waals surface area contributed by atoms with Gasteiger partial charge < -0.3 is 14.6 Å². The first kappa shape index (κ1) is 20.3. The zero-order valence-electron chi connectivity index (χ0n) is 17.1. The van der Waals surface area contributed by atoms with Gasteiger partial charge in [-0.05, 0) is 30.6 Å². The maximum Gasteiger partial charge on any atom is 0.220 e. The van der Waals surface area contributed by atoms with E-state index in [2.05, 4.69) is 42.2 Å². The summed E-state index contributed by atoms with van der Waals surface area (Å²) in [7, 11) is 0. The smallest absolute Gasteiger partial charge is 0.220 e. The van der Waals surface area contributed by atoms with Gasteiger partial charge in [-0.25, -0.2) is 0 Å². The molecule has 0 bridgehead atoms. The second-order valence-electron chi connectivity index (χ2n) is 8.71. The Morgan fingerprint density at radius 2 is 2.11 bits per heavy atom. The summed E-state index contributed by atoms with van der Waals surface area (Å²) in [6.07, 6.45) is 5.86. The van der Waals surface area contributed by atoms with Crippen LogP contribution in [-0.2, 0) is 22.5 Å². The maximum atomic E-state index is 12.1. The molecule has 2 atom stereocenters. The number of nitrogens with one attached hydrogen (secondary N) is 1. The van der Waals surface area contributed by atoms with E-state index < -0.39 is 0 Å². The lowest BCUT2D eigenvalue weighted by atomic mass is 9.57. The summed E-state index contributed by atoms with van der Waals surface area (Å²) in [4.78, 5) is 14.5. The molecule has 6 nitrogen and oxygen atoms in total. The zero-order chi connectivity index (χ0) is 19.3. The number of carbonyl (C=O) groups excluding carboxylic acids is 1. The van der Waals surface area contributed by atoms with Gasteiger partial charge in [-0.1, -0.05) is 38.8 Å². The summed E-state index contributed by atoms with van der Waals surface area (Å²) in [5.41, 5.74) is 1.13. The van der Waals surface area contributed by atoms with Gasteiger partial charge in [-0.2, -0.15) is 0 Å². The van der Waals surface area contributed by atoms with Crippen molar-refractivity contribution in [2.75, 3.05) is 26.3 Å². The van der Waals surface area contributed by atoms with Crippen LogP contribution in [-0.4, -0.2) is 48.3 Å². The van der Waals surface area contributed by atoms with E-state index in [4.69, 9.17) is 9.26 Å². The quantitative estimate of drug-likeness (QED) is 0.670. The fraction of sp³-hybridized carbons (Fsp3) is 0.810. The highest BCUT2D eigenvalue weighted by molar-refractivity contribution is 5.76. The van der Waals surface area contributed by atoms with Gasteiger partial charge in [0.1, 0.15) is 0 Å². The van der Waals surface area contributed by atoms with Crippen LogP contribution in [0.25, 0.3) is 0 Å². The molecule has 27 heavy (non-hydrogen) atoms. The first-order valence-electron chi connectivity index (χ1n) is 10.5. The fourth-order valence-electron chi connectivity index (χ4n) is 4.17. The molecule has 1 saturated carbocycles. The summed E-state index contributed by atoms with van der Waals surface area (Å²) in [5.74, 6) is 1.67. The Morgan fingerprint density at radius 1 is 1.33 bits per heavy atom. The number of amides is 1. The molecule has 2 fully saturated rings. The van der Waals surface area contributed by atoms with E-state index in [9.17, 15) is 4.79 Å². The lowest BCUT2D eigenvalue weighted by Gasteiger charge is -2.52. The largest absolute Gasteiger partial charge is 0.379 e. The molecule has 6 heteroatoms. The second kappa shape index (κ2) is 9.20. The van der Waals surface area contributed by atoms with Crippen LogP contribution in [0.5, 0.6) is 0 Å². The van der Waals surface area contributed by atoms with Crippen molar-refractivity contribution < 1.29 is 14.1 Å². The number of hydrogen-bond acceptors (Lipinski definition) is 5. The molecule has 0 aromatic carbocycles. The normalized spacial score (nSPS) is 25.1. The maximum absolute atomic E-state index is 12.1. The number of carbonyl (C=O) groups is 1. The van der Waals surface area contributed by atoms with Crippen molar-refractivity contribution in [1.29, 1.82) is 0 Å². The molecule has 3 rings (SSSR count). The first-order valence-corrected chi connectivity index (χ1v) is 10.5. The second-order valence-corrected chi connectivity index (χ2v) is 8.71. The van der Waals surface area contributed by atoms with E-state index in [0.29, 0.717) is 12.3 Å². The Balaban J connectivity index is 1.44. The predicted octanol–water partition coefficient (Wildman–Crippen LogP) is 3.16. The third-order valence-electron chi connectivity index (χ3n) is 6.36. The zero-order valence-corrected chi connectivity index (χ0v) is 17.1. The lowest BCUT2D eigenvalue weighted by molar-refractivity contribution is -0.125. The summed E-state index contributed by atoms with van der Waals surface area (Å²) >= 11 is 0. The van der Waals surface area contributed by atoms with Gasteiger partial charge in [0.05, 0.1) is 25.5 Å². The van der Waals surface area contributed by atoms with Crippen LogP contribution >= 0.6 is 0 Å². The average molecular weight is 378 g/mol. The van der Waals surface area contributed by atoms with E-state index in [1.54, 1.807) is 0 Å². The first-order chi connectivity index (χ1) is 13.0. The fourth-order valence-corrected chi connectivity index (χ4v) is 4.17. The van der Waals surface area contributed by atoms with Crippen LogP contribution < -0.4 is 5.32 Å². The number of rotatable bonds is 9. The molecule has 1 aliphatic heterocycles. The minimum atomic E-state index is 0.101. The van der Waals surface area contributed by atoms with Crippen LogP contribution in [0.2, 0.25) is 0 Å². The highest BCUT2D eigenvalue weighted by Gasteiger charge is 2.48. The molecular weight excluding hydrogens is 342 g/mol. The Kier molecular flexibility index (Phi) is 6.93. The molecule has 2 heterocycles. The number of aromatic nitrogens is 1. The lowest BCUT2D eigenvalue weighted by Crippen LogP contribution is -2.58. The summed E-state index contributed by atoms with van der Waals surface area (Å²) in [5, 5.41) is 7.52. The Hall–Kier alpha value is -1.40. The van der Waals surface area contributed by atoms with Crippen LogP contribution in [0.3, 0.4) is 0 Å². The molecule has 1 amide bonds. The third-order valence-corrected chi connectivity index (χ3v) is 6.36. The van der Waals surface area contributed by atoms with E-state index in [1.165, 1.54) is 0 Å². The topological polar surface area (TPSA) is 67.6 Å². The minimum Gasteiger partial charge on any atom is -0.379 e. The van der Waals surface area contributed by atoms with Crippen molar-refractivity contribution in [3.8, 4) is 0 Å². The van der Waals surface area contributed by atoms with Crippen molar-refractivity contribution in [3.05, 3.63) is 17.5 Å². The molecule has 1 aromatic rings. The van der Waals surface area contributed by atoms with Crippen LogP contribution in [0.4, 0.5) is 0 Å². The Labute approximate surface area is 163 Å². The van der Waals surface area contributed by atoms with Crippen molar-refractivity contribution in [1.82, 2.24) is 15.4 Å². The minimum absolute atomic E-state index is 0.101.